The number of hydrogen-bond acceptors (Lipinski definition) is 8. The van der Waals surface area contributed by atoms with Crippen LogP contribution >= 0.6 is 28.1 Å². The number of carbonyl (C=O) groups excluding carboxylic acids is 2. The van der Waals surface area contributed by atoms with Gasteiger partial charge in [-0.2, -0.15) is 0 Å². The molecule has 216 valence electrons. The van der Waals surface area contributed by atoms with Crippen LogP contribution in [-0.2, 0) is 9.59 Å². The highest BCUT2D eigenvalue weighted by Gasteiger charge is 2.35. The first-order chi connectivity index (χ1) is 20.4. The Kier molecular flexibility index (Phi) is 7.89. The maximum atomic E-state index is 13.4. The summed E-state index contributed by atoms with van der Waals surface area (Å²) in [5, 5.41) is 25.0. The average molecular weight is 662 g/mol. The average Bonchev–Trinajstić information content (AvgIpc) is 3.23. The predicted octanol–water partition coefficient (Wildman–Crippen LogP) is 6.30. The zero-order valence-electron chi connectivity index (χ0n) is 22.4. The Hall–Kier alpha value is -5.21. The van der Waals surface area contributed by atoms with Crippen molar-refractivity contribution in [3.05, 3.63) is 120 Å². The number of halogens is 1. The number of ether oxygens (including phenoxy) is 1. The molecule has 0 bridgehead atoms. The number of anilines is 1. The van der Waals surface area contributed by atoms with Crippen LogP contribution in [0.2, 0.25) is 0 Å². The molecule has 0 unspecified atom stereocenters. The minimum absolute atomic E-state index is 0.0166. The van der Waals surface area contributed by atoms with E-state index in [1.165, 1.54) is 17.0 Å². The third-order valence-corrected chi connectivity index (χ3v) is 7.39. The molecule has 3 aromatic carbocycles. The fraction of sp³-hybridized carbons (Fsp3) is 0.0690. The number of thiocarbonyl (C=S) groups is 1. The second-order valence-electron chi connectivity index (χ2n) is 9.36. The molecule has 0 spiro atoms. The van der Waals surface area contributed by atoms with Crippen molar-refractivity contribution in [3.8, 4) is 17.2 Å². The topological polar surface area (TPSA) is 150 Å². The van der Waals surface area contributed by atoms with E-state index in [0.717, 1.165) is 33.7 Å². The monoisotopic (exact) mass is 661 g/mol. The molecule has 1 aliphatic heterocycles. The summed E-state index contributed by atoms with van der Waals surface area (Å²) >= 11 is 8.67. The summed E-state index contributed by atoms with van der Waals surface area (Å²) in [6, 6.07) is 18.7. The number of nitro groups is 2. The molecule has 0 atom stereocenters. The van der Waals surface area contributed by atoms with Crippen LogP contribution in [-0.4, -0.2) is 31.3 Å². The summed E-state index contributed by atoms with van der Waals surface area (Å²) in [5.74, 6) is -1.03. The van der Waals surface area contributed by atoms with Crippen molar-refractivity contribution in [3.63, 3.8) is 0 Å². The lowest BCUT2D eigenvalue weighted by molar-refractivity contribution is -0.394. The quantitative estimate of drug-likeness (QED) is 0.0797. The SMILES string of the molecule is Cc1cc(/C=C2\C(=O)NC(=S)N(c3cccc(Br)c3)C2=O)c(C)n1-c1ccc(Oc2ccc([N+](=O)[O-])cc2[N+](=O)[O-])cc1. The zero-order chi connectivity index (χ0) is 31.0. The van der Waals surface area contributed by atoms with Gasteiger partial charge >= 0.3 is 5.69 Å². The standard InChI is InChI=1S/C29H20BrN5O7S/c1-16-12-18(13-24-27(36)31-29(43)33(28(24)37)21-5-3-4-19(30)14-21)17(2)32(16)20-6-9-23(10-7-20)42-26-11-8-22(34(38)39)15-25(26)35(40)41/h3-15H,1-2H3,(H,31,36,43)/b24-13+. The fourth-order valence-electron chi connectivity index (χ4n) is 4.63. The van der Waals surface area contributed by atoms with Gasteiger partial charge in [-0.25, -0.2) is 0 Å². The Balaban J connectivity index is 1.43. The third kappa shape index (κ3) is 5.78. The fourth-order valence-corrected chi connectivity index (χ4v) is 5.30. The van der Waals surface area contributed by atoms with Crippen LogP contribution in [0, 0.1) is 34.1 Å². The highest BCUT2D eigenvalue weighted by molar-refractivity contribution is 9.10. The summed E-state index contributed by atoms with van der Waals surface area (Å²) < 4.78 is 8.32. The van der Waals surface area contributed by atoms with Crippen molar-refractivity contribution in [2.24, 2.45) is 0 Å². The van der Waals surface area contributed by atoms with Crippen LogP contribution in [0.1, 0.15) is 17.0 Å². The minimum Gasteiger partial charge on any atom is -0.450 e. The molecule has 14 heteroatoms. The van der Waals surface area contributed by atoms with Crippen LogP contribution < -0.4 is 15.0 Å². The summed E-state index contributed by atoms with van der Waals surface area (Å²) in [4.78, 5) is 48.5. The van der Waals surface area contributed by atoms with Gasteiger partial charge in [-0.15, -0.1) is 0 Å². The summed E-state index contributed by atoms with van der Waals surface area (Å²) in [7, 11) is 0. The Morgan fingerprint density at radius 2 is 1.65 bits per heavy atom. The molecule has 1 aromatic heterocycles. The highest BCUT2D eigenvalue weighted by Crippen LogP contribution is 2.35. The van der Waals surface area contributed by atoms with E-state index in [0.29, 0.717) is 11.3 Å². The Morgan fingerprint density at radius 1 is 0.930 bits per heavy atom. The molecule has 5 rings (SSSR count). The van der Waals surface area contributed by atoms with Crippen molar-refractivity contribution < 1.29 is 24.2 Å². The molecule has 1 saturated heterocycles. The molecule has 43 heavy (non-hydrogen) atoms. The summed E-state index contributed by atoms with van der Waals surface area (Å²) in [6.45, 7) is 3.71. The molecule has 0 saturated carbocycles. The van der Waals surface area contributed by atoms with Crippen molar-refractivity contribution in [2.75, 3.05) is 4.90 Å². The number of hydrogen-bond donors (Lipinski definition) is 1. The van der Waals surface area contributed by atoms with E-state index in [1.54, 1.807) is 42.5 Å². The molecule has 0 aliphatic carbocycles. The van der Waals surface area contributed by atoms with Gasteiger partial charge in [-0.1, -0.05) is 22.0 Å². The summed E-state index contributed by atoms with van der Waals surface area (Å²) in [6.07, 6.45) is 1.52. The van der Waals surface area contributed by atoms with E-state index in [-0.39, 0.29) is 22.2 Å². The van der Waals surface area contributed by atoms with E-state index >= 15 is 0 Å². The molecule has 1 fully saturated rings. The number of carbonyl (C=O) groups is 2. The molecular weight excluding hydrogens is 642 g/mol. The van der Waals surface area contributed by atoms with Crippen molar-refractivity contribution >= 4 is 68.2 Å². The maximum Gasteiger partial charge on any atom is 0.318 e. The van der Waals surface area contributed by atoms with Crippen LogP contribution in [0.15, 0.2) is 82.8 Å². The number of amides is 2. The lowest BCUT2D eigenvalue weighted by Crippen LogP contribution is -2.54. The first-order valence-electron chi connectivity index (χ1n) is 12.5. The molecule has 2 heterocycles. The molecule has 0 radical (unpaired) electrons. The zero-order valence-corrected chi connectivity index (χ0v) is 24.8. The largest absolute Gasteiger partial charge is 0.450 e. The van der Waals surface area contributed by atoms with Gasteiger partial charge in [-0.05, 0) is 92.3 Å². The number of non-ortho nitro benzene ring substituents is 1. The second kappa shape index (κ2) is 11.6. The molecule has 12 nitrogen and oxygen atoms in total. The summed E-state index contributed by atoms with van der Waals surface area (Å²) in [5.41, 5.74) is 2.38. The number of aromatic nitrogens is 1. The van der Waals surface area contributed by atoms with Gasteiger partial charge in [-0.3, -0.25) is 40.0 Å². The van der Waals surface area contributed by atoms with Gasteiger partial charge in [0.15, 0.2) is 5.11 Å². The van der Waals surface area contributed by atoms with Crippen LogP contribution in [0.25, 0.3) is 11.8 Å². The first kappa shape index (κ1) is 29.3. The van der Waals surface area contributed by atoms with Gasteiger partial charge in [0, 0.05) is 27.6 Å². The molecule has 1 aliphatic rings. The highest BCUT2D eigenvalue weighted by atomic mass is 79.9. The number of rotatable bonds is 7. The second-order valence-corrected chi connectivity index (χ2v) is 10.7. The van der Waals surface area contributed by atoms with Crippen LogP contribution in [0.3, 0.4) is 0 Å². The Labute approximate surface area is 257 Å². The molecule has 4 aromatic rings. The van der Waals surface area contributed by atoms with Crippen molar-refractivity contribution in [2.45, 2.75) is 13.8 Å². The molecule has 2 amide bonds. The normalized spacial score (nSPS) is 14.2. The van der Waals surface area contributed by atoms with Crippen LogP contribution in [0.5, 0.6) is 11.5 Å². The van der Waals surface area contributed by atoms with Crippen molar-refractivity contribution in [1.29, 1.82) is 0 Å². The van der Waals surface area contributed by atoms with E-state index in [2.05, 4.69) is 21.2 Å². The van der Waals surface area contributed by atoms with Gasteiger partial charge < -0.3 is 9.30 Å². The first-order valence-corrected chi connectivity index (χ1v) is 13.7. The maximum absolute atomic E-state index is 13.4. The molecular formula is C29H20BrN5O7S. The van der Waals surface area contributed by atoms with Crippen LogP contribution in [0.4, 0.5) is 17.1 Å². The lowest BCUT2D eigenvalue weighted by Gasteiger charge is -2.29. The van der Waals surface area contributed by atoms with Crippen molar-refractivity contribution in [1.82, 2.24) is 9.88 Å². The van der Waals surface area contributed by atoms with E-state index in [1.807, 2.05) is 30.5 Å². The Morgan fingerprint density at radius 3 is 2.30 bits per heavy atom. The van der Waals surface area contributed by atoms with Gasteiger partial charge in [0.1, 0.15) is 11.3 Å². The minimum atomic E-state index is -0.748. The number of benzene rings is 3. The van der Waals surface area contributed by atoms with Gasteiger partial charge in [0.2, 0.25) is 5.75 Å². The Bertz CT molecular complexity index is 1880. The smallest absolute Gasteiger partial charge is 0.318 e. The third-order valence-electron chi connectivity index (χ3n) is 6.61. The number of nitro benzene ring substituents is 2. The lowest BCUT2D eigenvalue weighted by atomic mass is 10.1. The van der Waals surface area contributed by atoms with Gasteiger partial charge in [0.25, 0.3) is 17.5 Å². The molecule has 1 N–H and O–H groups in total. The van der Waals surface area contributed by atoms with E-state index in [9.17, 15) is 29.8 Å². The van der Waals surface area contributed by atoms with Gasteiger partial charge in [0.05, 0.1) is 21.6 Å². The van der Waals surface area contributed by atoms with E-state index < -0.39 is 33.0 Å². The number of nitrogens with one attached hydrogen (secondary N) is 1. The van der Waals surface area contributed by atoms with E-state index in [4.69, 9.17) is 17.0 Å². The predicted molar refractivity (Wildman–Crippen MR) is 165 cm³/mol. The number of nitrogens with zero attached hydrogens (tertiary/aromatic N) is 4. The number of aryl methyl sites for hydroxylation is 1.